The summed E-state index contributed by atoms with van der Waals surface area (Å²) in [5, 5.41) is 2.84. The summed E-state index contributed by atoms with van der Waals surface area (Å²) in [4.78, 5) is 16.1. The topological polar surface area (TPSA) is 84.3 Å². The van der Waals surface area contributed by atoms with Crippen LogP contribution >= 0.6 is 0 Å². The Morgan fingerprint density at radius 2 is 2.24 bits per heavy atom. The predicted molar refractivity (Wildman–Crippen MR) is 79.0 cm³/mol. The summed E-state index contributed by atoms with van der Waals surface area (Å²) >= 11 is 0. The van der Waals surface area contributed by atoms with Gasteiger partial charge in [-0.1, -0.05) is 6.42 Å². The van der Waals surface area contributed by atoms with Crippen molar-refractivity contribution in [1.82, 2.24) is 19.2 Å². The number of nitrogens with one attached hydrogen (secondary N) is 1. The molecule has 1 N–H and O–H groups in total. The van der Waals surface area contributed by atoms with Gasteiger partial charge in [-0.15, -0.1) is 0 Å². The van der Waals surface area contributed by atoms with E-state index in [-0.39, 0.29) is 5.91 Å². The highest BCUT2D eigenvalue weighted by Gasteiger charge is 2.34. The smallest absolute Gasteiger partial charge is 0.238 e. The zero-order valence-electron chi connectivity index (χ0n) is 12.2. The minimum Gasteiger partial charge on any atom is -0.355 e. The van der Waals surface area contributed by atoms with Gasteiger partial charge in [0.1, 0.15) is 6.04 Å². The molecule has 1 saturated heterocycles. The number of rotatable bonds is 6. The number of hydrogen-bond donors (Lipinski definition) is 1. The lowest BCUT2D eigenvalue weighted by molar-refractivity contribution is -0.125. The highest BCUT2D eigenvalue weighted by atomic mass is 32.2. The average Bonchev–Trinajstić information content (AvgIpc) is 2.95. The molecular formula is C13H22N4O3S. The van der Waals surface area contributed by atoms with Gasteiger partial charge < -0.3 is 9.88 Å². The molecule has 1 atom stereocenters. The van der Waals surface area contributed by atoms with Gasteiger partial charge in [0.25, 0.3) is 0 Å². The predicted octanol–water partition coefficient (Wildman–Crippen LogP) is 0.204. The molecule has 1 aliphatic rings. The van der Waals surface area contributed by atoms with E-state index >= 15 is 0 Å². The number of amides is 1. The van der Waals surface area contributed by atoms with E-state index in [1.165, 1.54) is 4.31 Å². The number of aryl methyl sites for hydroxylation is 1. The van der Waals surface area contributed by atoms with Crippen molar-refractivity contribution < 1.29 is 13.2 Å². The van der Waals surface area contributed by atoms with E-state index in [9.17, 15) is 13.2 Å². The van der Waals surface area contributed by atoms with Crippen LogP contribution in [-0.2, 0) is 21.4 Å². The monoisotopic (exact) mass is 314 g/mol. The molecular weight excluding hydrogens is 292 g/mol. The van der Waals surface area contributed by atoms with Crippen molar-refractivity contribution in [3.05, 3.63) is 18.7 Å². The van der Waals surface area contributed by atoms with Crippen molar-refractivity contribution in [3.8, 4) is 0 Å². The first-order valence-electron chi connectivity index (χ1n) is 7.19. The number of carbonyl (C=O) groups excluding carboxylic acids is 1. The third-order valence-corrected chi connectivity index (χ3v) is 4.92. The second-order valence-electron chi connectivity index (χ2n) is 5.33. The van der Waals surface area contributed by atoms with Crippen LogP contribution in [0.5, 0.6) is 0 Å². The number of hydrogen-bond acceptors (Lipinski definition) is 4. The molecule has 0 saturated carbocycles. The highest BCUT2D eigenvalue weighted by Crippen LogP contribution is 2.19. The molecule has 0 aromatic carbocycles. The Morgan fingerprint density at radius 3 is 2.90 bits per heavy atom. The standard InChI is InChI=1S/C13H22N4O3S/c1-21(19,20)17-9-3-2-5-12(17)13(18)15-6-4-8-16-10-7-14-11-16/h7,10-12H,2-6,8-9H2,1H3,(H,15,18)/t12-/m1/s1. The van der Waals surface area contributed by atoms with E-state index in [1.807, 2.05) is 10.8 Å². The van der Waals surface area contributed by atoms with Crippen LogP contribution < -0.4 is 5.32 Å². The Bertz CT molecular complexity index is 556. The van der Waals surface area contributed by atoms with E-state index in [0.717, 1.165) is 32.1 Å². The first-order valence-corrected chi connectivity index (χ1v) is 9.03. The van der Waals surface area contributed by atoms with E-state index < -0.39 is 16.1 Å². The highest BCUT2D eigenvalue weighted by molar-refractivity contribution is 7.88. The zero-order valence-corrected chi connectivity index (χ0v) is 13.1. The van der Waals surface area contributed by atoms with Crippen molar-refractivity contribution >= 4 is 15.9 Å². The van der Waals surface area contributed by atoms with Gasteiger partial charge in [-0.3, -0.25) is 4.79 Å². The Morgan fingerprint density at radius 1 is 1.43 bits per heavy atom. The first kappa shape index (κ1) is 16.0. The van der Waals surface area contributed by atoms with Crippen LogP contribution in [0.15, 0.2) is 18.7 Å². The summed E-state index contributed by atoms with van der Waals surface area (Å²) in [5.41, 5.74) is 0. The maximum Gasteiger partial charge on any atom is 0.238 e. The third kappa shape index (κ3) is 4.53. The van der Waals surface area contributed by atoms with Crippen molar-refractivity contribution in [2.24, 2.45) is 0 Å². The first-order chi connectivity index (χ1) is 9.98. The summed E-state index contributed by atoms with van der Waals surface area (Å²) < 4.78 is 26.7. The summed E-state index contributed by atoms with van der Waals surface area (Å²) in [6.45, 7) is 1.75. The molecule has 0 radical (unpaired) electrons. The number of sulfonamides is 1. The molecule has 1 fully saturated rings. The van der Waals surface area contributed by atoms with E-state index in [0.29, 0.717) is 19.5 Å². The van der Waals surface area contributed by atoms with E-state index in [2.05, 4.69) is 10.3 Å². The number of carbonyl (C=O) groups is 1. The number of aromatic nitrogens is 2. The number of nitrogens with zero attached hydrogens (tertiary/aromatic N) is 3. The van der Waals surface area contributed by atoms with Crippen LogP contribution in [0.25, 0.3) is 0 Å². The minimum absolute atomic E-state index is 0.189. The zero-order chi connectivity index (χ0) is 15.3. The van der Waals surface area contributed by atoms with Crippen LogP contribution in [0.4, 0.5) is 0 Å². The van der Waals surface area contributed by atoms with Gasteiger partial charge in [0, 0.05) is 32.0 Å². The van der Waals surface area contributed by atoms with Crippen LogP contribution in [0.3, 0.4) is 0 Å². The lowest BCUT2D eigenvalue weighted by atomic mass is 10.0. The second-order valence-corrected chi connectivity index (χ2v) is 7.27. The molecule has 8 heteroatoms. The Labute approximate surface area is 125 Å². The van der Waals surface area contributed by atoms with Crippen molar-refractivity contribution in [2.75, 3.05) is 19.3 Å². The normalized spacial score (nSPS) is 20.3. The number of piperidine rings is 1. The van der Waals surface area contributed by atoms with Crippen LogP contribution in [0.2, 0.25) is 0 Å². The molecule has 2 heterocycles. The van der Waals surface area contributed by atoms with Crippen LogP contribution in [-0.4, -0.2) is 53.6 Å². The van der Waals surface area contributed by atoms with Gasteiger partial charge in [-0.25, -0.2) is 13.4 Å². The fraction of sp³-hybridized carbons (Fsp3) is 0.692. The molecule has 118 valence electrons. The van der Waals surface area contributed by atoms with Gasteiger partial charge in [0.2, 0.25) is 15.9 Å². The van der Waals surface area contributed by atoms with Crippen molar-refractivity contribution in [2.45, 2.75) is 38.3 Å². The third-order valence-electron chi connectivity index (χ3n) is 3.63. The minimum atomic E-state index is -3.33. The molecule has 2 rings (SSSR count). The summed E-state index contributed by atoms with van der Waals surface area (Å²) in [6, 6.07) is -0.554. The van der Waals surface area contributed by atoms with Gasteiger partial charge >= 0.3 is 0 Å². The van der Waals surface area contributed by atoms with Gasteiger partial charge in [0.15, 0.2) is 0 Å². The van der Waals surface area contributed by atoms with Gasteiger partial charge in [0.05, 0.1) is 12.6 Å². The Balaban J connectivity index is 1.81. The number of imidazole rings is 1. The largest absolute Gasteiger partial charge is 0.355 e. The SMILES string of the molecule is CS(=O)(=O)N1CCCC[C@@H]1C(=O)NCCCn1ccnc1. The molecule has 1 amide bonds. The Kier molecular flexibility index (Phi) is 5.35. The molecule has 0 bridgehead atoms. The molecule has 1 aromatic heterocycles. The lowest BCUT2D eigenvalue weighted by Crippen LogP contribution is -2.51. The van der Waals surface area contributed by atoms with Crippen LogP contribution in [0.1, 0.15) is 25.7 Å². The summed E-state index contributed by atoms with van der Waals surface area (Å²) in [7, 11) is -3.33. The molecule has 21 heavy (non-hydrogen) atoms. The summed E-state index contributed by atoms with van der Waals surface area (Å²) in [5.74, 6) is -0.189. The van der Waals surface area contributed by atoms with E-state index in [4.69, 9.17) is 0 Å². The second kappa shape index (κ2) is 7.04. The van der Waals surface area contributed by atoms with Crippen LogP contribution in [0, 0.1) is 0 Å². The van der Waals surface area contributed by atoms with Gasteiger partial charge in [-0.05, 0) is 19.3 Å². The average molecular weight is 314 g/mol. The molecule has 1 aromatic rings. The maximum atomic E-state index is 12.2. The Hall–Kier alpha value is -1.41. The fourth-order valence-corrected chi connectivity index (χ4v) is 3.70. The molecule has 7 nitrogen and oxygen atoms in total. The quantitative estimate of drug-likeness (QED) is 0.760. The molecule has 0 aliphatic carbocycles. The van der Waals surface area contributed by atoms with Gasteiger partial charge in [-0.2, -0.15) is 4.31 Å². The molecule has 1 aliphatic heterocycles. The van der Waals surface area contributed by atoms with Crippen molar-refractivity contribution in [3.63, 3.8) is 0 Å². The molecule has 0 spiro atoms. The fourth-order valence-electron chi connectivity index (χ4n) is 2.57. The summed E-state index contributed by atoms with van der Waals surface area (Å²) in [6.07, 6.45) is 9.57. The molecule has 0 unspecified atom stereocenters. The van der Waals surface area contributed by atoms with Crippen molar-refractivity contribution in [1.29, 1.82) is 0 Å². The lowest BCUT2D eigenvalue weighted by Gasteiger charge is -2.32. The maximum absolute atomic E-state index is 12.2. The van der Waals surface area contributed by atoms with E-state index in [1.54, 1.807) is 12.5 Å².